The summed E-state index contributed by atoms with van der Waals surface area (Å²) in [5, 5.41) is -0.0793. The second-order valence-electron chi connectivity index (χ2n) is 4.59. The van der Waals surface area contributed by atoms with Crippen LogP contribution in [0.4, 0.5) is 4.39 Å². The third-order valence-corrected chi connectivity index (χ3v) is 4.29. The molecule has 0 saturated heterocycles. The molecule has 0 aromatic heterocycles. The van der Waals surface area contributed by atoms with E-state index in [1.807, 2.05) is 6.07 Å². The van der Waals surface area contributed by atoms with Gasteiger partial charge in [0.1, 0.15) is 11.6 Å². The molecule has 2 aromatic rings. The molecule has 104 valence electrons. The van der Waals surface area contributed by atoms with E-state index in [2.05, 4.69) is 0 Å². The third-order valence-electron chi connectivity index (χ3n) is 3.30. The van der Waals surface area contributed by atoms with Crippen LogP contribution in [0.25, 0.3) is 0 Å². The molecule has 3 rings (SSSR count). The summed E-state index contributed by atoms with van der Waals surface area (Å²) in [6.07, 6.45) is 0.782. The van der Waals surface area contributed by atoms with E-state index >= 15 is 0 Å². The Morgan fingerprint density at radius 2 is 1.95 bits per heavy atom. The molecule has 0 amide bonds. The van der Waals surface area contributed by atoms with E-state index < -0.39 is 11.2 Å². The molecule has 0 fully saturated rings. The van der Waals surface area contributed by atoms with Crippen molar-refractivity contribution in [3.63, 3.8) is 0 Å². The Morgan fingerprint density at radius 3 is 2.75 bits per heavy atom. The fourth-order valence-electron chi connectivity index (χ4n) is 2.37. The van der Waals surface area contributed by atoms with Crippen LogP contribution in [0.3, 0.4) is 0 Å². The quantitative estimate of drug-likeness (QED) is 0.670. The average Bonchev–Trinajstić information content (AvgIpc) is 2.88. The molecule has 1 atom stereocenters. The summed E-state index contributed by atoms with van der Waals surface area (Å²) in [6, 6.07) is 8.33. The van der Waals surface area contributed by atoms with Gasteiger partial charge in [-0.2, -0.15) is 0 Å². The van der Waals surface area contributed by atoms with Crippen molar-refractivity contribution in [2.24, 2.45) is 0 Å². The molecule has 0 radical (unpaired) electrons. The van der Waals surface area contributed by atoms with Gasteiger partial charge < -0.3 is 4.74 Å². The van der Waals surface area contributed by atoms with E-state index in [0.29, 0.717) is 28.5 Å². The van der Waals surface area contributed by atoms with Crippen molar-refractivity contribution in [1.29, 1.82) is 0 Å². The Kier molecular flexibility index (Phi) is 3.80. The van der Waals surface area contributed by atoms with Crippen molar-refractivity contribution in [1.82, 2.24) is 0 Å². The predicted octanol–water partition coefficient (Wildman–Crippen LogP) is 5.40. The van der Waals surface area contributed by atoms with Gasteiger partial charge in [-0.3, -0.25) is 0 Å². The summed E-state index contributed by atoms with van der Waals surface area (Å²) in [4.78, 5) is 0. The number of alkyl halides is 1. The molecule has 1 unspecified atom stereocenters. The number of hydrogen-bond acceptors (Lipinski definition) is 1. The van der Waals surface area contributed by atoms with Crippen molar-refractivity contribution < 1.29 is 9.13 Å². The van der Waals surface area contributed by atoms with Gasteiger partial charge in [0.25, 0.3) is 0 Å². The lowest BCUT2D eigenvalue weighted by molar-refractivity contribution is 0.353. The number of hydrogen-bond donors (Lipinski definition) is 0. The standard InChI is InChI=1S/C15H10Cl3FO/c16-9-6-8-4-5-20-15(8)11(7-9)13(18)10-2-1-3-12(17)14(10)19/h1-3,6-7,13H,4-5H2. The van der Waals surface area contributed by atoms with Crippen molar-refractivity contribution in [3.05, 3.63) is 62.9 Å². The van der Waals surface area contributed by atoms with Crippen LogP contribution in [0.5, 0.6) is 5.75 Å². The average molecular weight is 332 g/mol. The van der Waals surface area contributed by atoms with Crippen LogP contribution in [-0.2, 0) is 6.42 Å². The van der Waals surface area contributed by atoms with E-state index in [1.54, 1.807) is 18.2 Å². The summed E-state index contributed by atoms with van der Waals surface area (Å²) in [5.41, 5.74) is 1.99. The van der Waals surface area contributed by atoms with Crippen LogP contribution in [0.2, 0.25) is 10.0 Å². The molecule has 20 heavy (non-hydrogen) atoms. The maximum Gasteiger partial charge on any atom is 0.146 e. The van der Waals surface area contributed by atoms with Gasteiger partial charge in [-0.05, 0) is 23.8 Å². The number of ether oxygens (including phenoxy) is 1. The fraction of sp³-hybridized carbons (Fsp3) is 0.200. The minimum atomic E-state index is -0.695. The number of benzene rings is 2. The van der Waals surface area contributed by atoms with Gasteiger partial charge in [0.05, 0.1) is 17.0 Å². The maximum atomic E-state index is 14.1. The lowest BCUT2D eigenvalue weighted by atomic mass is 10.00. The van der Waals surface area contributed by atoms with E-state index in [4.69, 9.17) is 39.5 Å². The van der Waals surface area contributed by atoms with Crippen LogP contribution in [0.1, 0.15) is 22.1 Å². The number of fused-ring (bicyclic) bond motifs is 1. The van der Waals surface area contributed by atoms with Crippen LogP contribution in [0, 0.1) is 5.82 Å². The topological polar surface area (TPSA) is 9.23 Å². The van der Waals surface area contributed by atoms with Crippen LogP contribution in [-0.4, -0.2) is 6.61 Å². The zero-order chi connectivity index (χ0) is 14.3. The van der Waals surface area contributed by atoms with E-state index in [1.165, 1.54) is 6.07 Å². The van der Waals surface area contributed by atoms with Crippen molar-refractivity contribution in [2.75, 3.05) is 6.61 Å². The zero-order valence-electron chi connectivity index (χ0n) is 10.3. The highest BCUT2D eigenvalue weighted by Crippen LogP contribution is 2.42. The molecule has 0 N–H and O–H groups in total. The van der Waals surface area contributed by atoms with Crippen LogP contribution >= 0.6 is 34.8 Å². The highest BCUT2D eigenvalue weighted by Gasteiger charge is 2.25. The van der Waals surface area contributed by atoms with Gasteiger partial charge >= 0.3 is 0 Å². The largest absolute Gasteiger partial charge is 0.493 e. The summed E-state index contributed by atoms with van der Waals surface area (Å²) in [6.45, 7) is 0.588. The highest BCUT2D eigenvalue weighted by atomic mass is 35.5. The molecular weight excluding hydrogens is 322 g/mol. The normalized spacial score (nSPS) is 14.8. The Bertz CT molecular complexity index is 672. The van der Waals surface area contributed by atoms with Crippen molar-refractivity contribution in [2.45, 2.75) is 11.8 Å². The molecule has 0 spiro atoms. The molecule has 1 aliphatic rings. The van der Waals surface area contributed by atoms with Gasteiger partial charge in [0.15, 0.2) is 0 Å². The monoisotopic (exact) mass is 330 g/mol. The molecule has 0 bridgehead atoms. The molecule has 1 nitrogen and oxygen atoms in total. The van der Waals surface area contributed by atoms with Gasteiger partial charge in [-0.1, -0.05) is 35.3 Å². The summed E-state index contributed by atoms with van der Waals surface area (Å²) < 4.78 is 19.7. The fourth-order valence-corrected chi connectivity index (χ4v) is 3.13. The van der Waals surface area contributed by atoms with Gasteiger partial charge in [-0.15, -0.1) is 11.6 Å². The molecule has 0 saturated carbocycles. The minimum Gasteiger partial charge on any atom is -0.493 e. The van der Waals surface area contributed by atoms with Crippen molar-refractivity contribution >= 4 is 34.8 Å². The second-order valence-corrected chi connectivity index (χ2v) is 5.87. The first kappa shape index (κ1) is 14.0. The Morgan fingerprint density at radius 1 is 1.15 bits per heavy atom. The highest BCUT2D eigenvalue weighted by molar-refractivity contribution is 6.31. The first-order valence-electron chi connectivity index (χ1n) is 6.11. The number of halogens is 4. The lowest BCUT2D eigenvalue weighted by Crippen LogP contribution is -2.00. The molecular formula is C15H10Cl3FO. The Balaban J connectivity index is 2.11. The molecule has 2 aromatic carbocycles. The van der Waals surface area contributed by atoms with E-state index in [-0.39, 0.29) is 5.02 Å². The summed E-state index contributed by atoms with van der Waals surface area (Å²) >= 11 is 18.3. The van der Waals surface area contributed by atoms with Gasteiger partial charge in [0.2, 0.25) is 0 Å². The third kappa shape index (κ3) is 2.37. The van der Waals surface area contributed by atoms with Crippen LogP contribution < -0.4 is 4.74 Å². The molecule has 1 aliphatic heterocycles. The first-order chi connectivity index (χ1) is 9.58. The smallest absolute Gasteiger partial charge is 0.146 e. The second kappa shape index (κ2) is 5.44. The molecule has 1 heterocycles. The molecule has 5 heteroatoms. The summed E-state index contributed by atoms with van der Waals surface area (Å²) in [7, 11) is 0. The van der Waals surface area contributed by atoms with E-state index in [9.17, 15) is 4.39 Å². The number of rotatable bonds is 2. The molecule has 0 aliphatic carbocycles. The Labute approximate surface area is 131 Å². The Hall–Kier alpha value is -0.960. The van der Waals surface area contributed by atoms with Gasteiger partial charge in [-0.25, -0.2) is 4.39 Å². The van der Waals surface area contributed by atoms with Crippen molar-refractivity contribution in [3.8, 4) is 5.75 Å². The predicted molar refractivity (Wildman–Crippen MR) is 79.8 cm³/mol. The lowest BCUT2D eigenvalue weighted by Gasteiger charge is -2.16. The zero-order valence-corrected chi connectivity index (χ0v) is 12.6. The minimum absolute atomic E-state index is 0.0488. The van der Waals surface area contributed by atoms with Crippen LogP contribution in [0.15, 0.2) is 30.3 Å². The summed E-state index contributed by atoms with van der Waals surface area (Å²) in [5.74, 6) is 0.190. The van der Waals surface area contributed by atoms with Gasteiger partial charge in [0, 0.05) is 22.6 Å². The first-order valence-corrected chi connectivity index (χ1v) is 7.30. The maximum absolute atomic E-state index is 14.1. The SMILES string of the molecule is Fc1c(Cl)cccc1C(Cl)c1cc(Cl)cc2c1OCC2. The van der Waals surface area contributed by atoms with E-state index in [0.717, 1.165) is 12.0 Å².